The van der Waals surface area contributed by atoms with Crippen LogP contribution in [0.2, 0.25) is 0 Å². The summed E-state index contributed by atoms with van der Waals surface area (Å²) in [6.07, 6.45) is 2.87. The maximum atomic E-state index is 12.2. The lowest BCUT2D eigenvalue weighted by molar-refractivity contribution is 0.0685. The maximum absolute atomic E-state index is 12.2. The molecule has 2 N–H and O–H groups in total. The third kappa shape index (κ3) is 3.20. The quantitative estimate of drug-likeness (QED) is 0.833. The molecule has 20 heavy (non-hydrogen) atoms. The summed E-state index contributed by atoms with van der Waals surface area (Å²) in [4.78, 5) is 11.0. The van der Waals surface area contributed by atoms with Crippen molar-refractivity contribution >= 4 is 16.0 Å². The molecule has 0 aliphatic carbocycles. The number of carboxylic acids is 1. The van der Waals surface area contributed by atoms with Crippen LogP contribution in [-0.2, 0) is 21.3 Å². The van der Waals surface area contributed by atoms with Gasteiger partial charge in [-0.05, 0) is 25.8 Å². The molecule has 1 aliphatic heterocycles. The number of aromatic nitrogens is 1. The fraction of sp³-hybridized carbons (Fsp3) is 0.583. The first-order valence-corrected chi connectivity index (χ1v) is 7.96. The number of ether oxygens (including phenoxy) is 1. The lowest BCUT2D eigenvalue weighted by Gasteiger charge is -2.22. The van der Waals surface area contributed by atoms with Crippen LogP contribution in [0, 0.1) is 0 Å². The van der Waals surface area contributed by atoms with Gasteiger partial charge in [0.1, 0.15) is 10.6 Å². The van der Waals surface area contributed by atoms with Crippen LogP contribution < -0.4 is 4.72 Å². The Kier molecular flexibility index (Phi) is 4.46. The van der Waals surface area contributed by atoms with E-state index in [0.29, 0.717) is 19.8 Å². The van der Waals surface area contributed by atoms with Crippen LogP contribution in [0.4, 0.5) is 0 Å². The molecule has 0 saturated carbocycles. The minimum absolute atomic E-state index is 0.0256. The molecule has 112 valence electrons. The van der Waals surface area contributed by atoms with Crippen molar-refractivity contribution in [3.8, 4) is 0 Å². The largest absolute Gasteiger partial charge is 0.477 e. The summed E-state index contributed by atoms with van der Waals surface area (Å²) in [5.41, 5.74) is -0.0345. The molecule has 1 aromatic rings. The van der Waals surface area contributed by atoms with Crippen LogP contribution in [0.3, 0.4) is 0 Å². The number of nitrogens with one attached hydrogen (secondary N) is 1. The Hall–Kier alpha value is -1.38. The number of rotatable bonds is 5. The highest BCUT2D eigenvalue weighted by atomic mass is 32.2. The summed E-state index contributed by atoms with van der Waals surface area (Å²) in [6, 6.07) is 0.921. The van der Waals surface area contributed by atoms with Crippen molar-refractivity contribution in [3.05, 3.63) is 18.0 Å². The van der Waals surface area contributed by atoms with Crippen LogP contribution in [-0.4, -0.2) is 43.3 Å². The number of hydrogen-bond acceptors (Lipinski definition) is 4. The van der Waals surface area contributed by atoms with E-state index in [1.54, 1.807) is 6.92 Å². The first kappa shape index (κ1) is 15.0. The zero-order valence-corrected chi connectivity index (χ0v) is 12.0. The van der Waals surface area contributed by atoms with Crippen LogP contribution in [0.15, 0.2) is 17.2 Å². The minimum atomic E-state index is -3.72. The van der Waals surface area contributed by atoms with E-state index in [1.165, 1.54) is 16.8 Å². The Labute approximate surface area is 117 Å². The molecule has 1 unspecified atom stereocenters. The van der Waals surface area contributed by atoms with E-state index in [2.05, 4.69) is 4.72 Å². The molecule has 2 rings (SSSR count). The number of sulfonamides is 1. The molecular weight excluding hydrogens is 284 g/mol. The molecule has 2 heterocycles. The third-order valence-corrected chi connectivity index (χ3v) is 4.71. The van der Waals surface area contributed by atoms with Gasteiger partial charge in [0.25, 0.3) is 0 Å². The predicted molar refractivity (Wildman–Crippen MR) is 71.2 cm³/mol. The van der Waals surface area contributed by atoms with Crippen molar-refractivity contribution < 1.29 is 23.1 Å². The summed E-state index contributed by atoms with van der Waals surface area (Å²) in [5.74, 6) is -1.14. The standard InChI is InChI=1S/C12H18N2O5S/c1-2-14-7-10(6-11(14)12(15)16)20(17,18)13-9-4-3-5-19-8-9/h6-7,9,13H,2-5,8H2,1H3,(H,15,16). The van der Waals surface area contributed by atoms with Crippen LogP contribution in [0.1, 0.15) is 30.3 Å². The smallest absolute Gasteiger partial charge is 0.352 e. The van der Waals surface area contributed by atoms with E-state index in [-0.39, 0.29) is 16.6 Å². The van der Waals surface area contributed by atoms with Gasteiger partial charge in [0.2, 0.25) is 10.0 Å². The Morgan fingerprint density at radius 2 is 2.35 bits per heavy atom. The number of carboxylic acid groups (broad SMARTS) is 1. The van der Waals surface area contributed by atoms with Crippen LogP contribution >= 0.6 is 0 Å². The molecule has 1 aliphatic rings. The normalized spacial score (nSPS) is 19.9. The molecule has 1 saturated heterocycles. The fourth-order valence-electron chi connectivity index (χ4n) is 2.19. The van der Waals surface area contributed by atoms with Crippen molar-refractivity contribution in [2.24, 2.45) is 0 Å². The summed E-state index contributed by atoms with van der Waals surface area (Å²) in [7, 11) is -3.72. The minimum Gasteiger partial charge on any atom is -0.477 e. The molecule has 1 fully saturated rings. The highest BCUT2D eigenvalue weighted by Crippen LogP contribution is 2.17. The van der Waals surface area contributed by atoms with E-state index >= 15 is 0 Å². The van der Waals surface area contributed by atoms with Gasteiger partial charge >= 0.3 is 5.97 Å². The topological polar surface area (TPSA) is 97.6 Å². The predicted octanol–water partition coefficient (Wildman–Crippen LogP) is 0.663. The molecule has 1 atom stereocenters. The molecule has 0 amide bonds. The first-order valence-electron chi connectivity index (χ1n) is 6.47. The zero-order valence-electron chi connectivity index (χ0n) is 11.2. The molecule has 0 radical (unpaired) electrons. The Morgan fingerprint density at radius 1 is 1.60 bits per heavy atom. The van der Waals surface area contributed by atoms with Crippen molar-refractivity contribution in [2.75, 3.05) is 13.2 Å². The molecule has 8 heteroatoms. The summed E-state index contributed by atoms with van der Waals surface area (Å²) >= 11 is 0. The van der Waals surface area contributed by atoms with Gasteiger partial charge in [-0.3, -0.25) is 0 Å². The number of hydrogen-bond donors (Lipinski definition) is 2. The van der Waals surface area contributed by atoms with E-state index in [0.717, 1.165) is 12.8 Å². The summed E-state index contributed by atoms with van der Waals surface area (Å²) < 4.78 is 33.6. The average Bonchev–Trinajstić information content (AvgIpc) is 2.84. The van der Waals surface area contributed by atoms with Gasteiger partial charge < -0.3 is 14.4 Å². The molecule has 0 bridgehead atoms. The summed E-state index contributed by atoms with van der Waals surface area (Å²) in [5, 5.41) is 9.04. The molecular formula is C12H18N2O5S. The highest BCUT2D eigenvalue weighted by molar-refractivity contribution is 7.89. The molecule has 0 spiro atoms. The van der Waals surface area contributed by atoms with Crippen molar-refractivity contribution in [1.29, 1.82) is 0 Å². The highest BCUT2D eigenvalue weighted by Gasteiger charge is 2.25. The monoisotopic (exact) mass is 302 g/mol. The number of aryl methyl sites for hydroxylation is 1. The van der Waals surface area contributed by atoms with Crippen LogP contribution in [0.25, 0.3) is 0 Å². The number of nitrogens with zero attached hydrogens (tertiary/aromatic N) is 1. The Morgan fingerprint density at radius 3 is 2.85 bits per heavy atom. The summed E-state index contributed by atoms with van der Waals surface area (Å²) in [6.45, 7) is 3.14. The van der Waals surface area contributed by atoms with Gasteiger partial charge in [0.15, 0.2) is 0 Å². The van der Waals surface area contributed by atoms with Crippen molar-refractivity contribution in [2.45, 2.75) is 37.2 Å². The number of aromatic carboxylic acids is 1. The third-order valence-electron chi connectivity index (χ3n) is 3.22. The second-order valence-corrected chi connectivity index (χ2v) is 6.40. The lowest BCUT2D eigenvalue weighted by atomic mass is 10.1. The van der Waals surface area contributed by atoms with Crippen molar-refractivity contribution in [3.63, 3.8) is 0 Å². The van der Waals surface area contributed by atoms with Gasteiger partial charge in [-0.25, -0.2) is 17.9 Å². The second-order valence-electron chi connectivity index (χ2n) is 4.69. The van der Waals surface area contributed by atoms with Gasteiger partial charge in [-0.15, -0.1) is 0 Å². The first-order chi connectivity index (χ1) is 9.44. The second kappa shape index (κ2) is 5.94. The molecule has 0 aromatic carbocycles. The number of carbonyl (C=O) groups is 1. The van der Waals surface area contributed by atoms with Gasteiger partial charge in [-0.1, -0.05) is 0 Å². The van der Waals surface area contributed by atoms with Gasteiger partial charge in [-0.2, -0.15) is 0 Å². The van der Waals surface area contributed by atoms with Crippen LogP contribution in [0.5, 0.6) is 0 Å². The Balaban J connectivity index is 2.22. The fourth-order valence-corrected chi connectivity index (χ4v) is 3.49. The molecule has 1 aromatic heterocycles. The van der Waals surface area contributed by atoms with E-state index in [4.69, 9.17) is 9.84 Å². The van der Waals surface area contributed by atoms with Crippen molar-refractivity contribution in [1.82, 2.24) is 9.29 Å². The van der Waals surface area contributed by atoms with Gasteiger partial charge in [0.05, 0.1) is 6.61 Å². The lowest BCUT2D eigenvalue weighted by Crippen LogP contribution is -2.40. The van der Waals surface area contributed by atoms with Gasteiger partial charge in [0, 0.05) is 25.4 Å². The van der Waals surface area contributed by atoms with E-state index in [9.17, 15) is 13.2 Å². The zero-order chi connectivity index (χ0) is 14.8. The van der Waals surface area contributed by atoms with E-state index < -0.39 is 16.0 Å². The molecule has 7 nitrogen and oxygen atoms in total. The maximum Gasteiger partial charge on any atom is 0.352 e. The average molecular weight is 302 g/mol. The van der Waals surface area contributed by atoms with E-state index in [1.807, 2.05) is 0 Å². The SMILES string of the molecule is CCn1cc(S(=O)(=O)NC2CCCOC2)cc1C(=O)O. The Bertz CT molecular complexity index is 587.